The number of halogens is 1. The molecule has 1 saturated heterocycles. The van der Waals surface area contributed by atoms with E-state index in [1.54, 1.807) is 19.3 Å². The fraction of sp³-hybridized carbons (Fsp3) is 0.414. The molecule has 2 aromatic carbocycles. The van der Waals surface area contributed by atoms with Gasteiger partial charge in [-0.15, -0.1) is 0 Å². The van der Waals surface area contributed by atoms with E-state index in [1.807, 2.05) is 36.4 Å². The molecule has 0 radical (unpaired) electrons. The van der Waals surface area contributed by atoms with Crippen molar-refractivity contribution in [3.8, 4) is 11.5 Å². The van der Waals surface area contributed by atoms with E-state index in [0.717, 1.165) is 30.4 Å². The Morgan fingerprint density at radius 3 is 2.47 bits per heavy atom. The highest BCUT2D eigenvalue weighted by Gasteiger charge is 2.55. The Morgan fingerprint density at radius 1 is 1.13 bits per heavy atom. The summed E-state index contributed by atoms with van der Waals surface area (Å²) in [5.74, 6) is 2.68. The molecular weight excluding hydrogens is 540 g/mol. The van der Waals surface area contributed by atoms with Crippen LogP contribution in [0.25, 0.3) is 6.08 Å². The summed E-state index contributed by atoms with van der Waals surface area (Å²) in [6, 6.07) is 13.0. The van der Waals surface area contributed by atoms with E-state index in [9.17, 15) is 9.59 Å². The Hall–Kier alpha value is -2.55. The van der Waals surface area contributed by atoms with E-state index in [-0.39, 0.29) is 17.2 Å². The zero-order valence-electron chi connectivity index (χ0n) is 21.1. The molecule has 2 aromatic rings. The highest BCUT2D eigenvalue weighted by atomic mass is 35.5. The lowest BCUT2D eigenvalue weighted by Crippen LogP contribution is -2.57. The molecule has 5 aliphatic rings. The van der Waals surface area contributed by atoms with Gasteiger partial charge < -0.3 is 9.47 Å². The monoisotopic (exact) mass is 568 g/mol. The van der Waals surface area contributed by atoms with Crippen LogP contribution in [0, 0.1) is 23.2 Å². The zero-order chi connectivity index (χ0) is 26.4. The number of thioether (sulfide) groups is 1. The molecule has 1 aliphatic heterocycles. The van der Waals surface area contributed by atoms with Crippen molar-refractivity contribution < 1.29 is 19.1 Å². The molecule has 4 saturated carbocycles. The summed E-state index contributed by atoms with van der Waals surface area (Å²) in [5, 5.41) is 1.89. The number of amides is 2. The van der Waals surface area contributed by atoms with E-state index in [4.69, 9.17) is 33.3 Å². The van der Waals surface area contributed by atoms with Crippen LogP contribution in [0.1, 0.15) is 49.7 Å². The Kier molecular flexibility index (Phi) is 6.91. The van der Waals surface area contributed by atoms with E-state index in [0.29, 0.717) is 50.1 Å². The third-order valence-corrected chi connectivity index (χ3v) is 10.0. The molecule has 9 heteroatoms. The molecule has 5 fully saturated rings. The van der Waals surface area contributed by atoms with Gasteiger partial charge in [0.05, 0.1) is 17.4 Å². The minimum atomic E-state index is -0.352. The van der Waals surface area contributed by atoms with Crippen LogP contribution < -0.4 is 14.9 Å². The number of hydrogen-bond donors (Lipinski definition) is 1. The lowest BCUT2D eigenvalue weighted by Gasteiger charge is -2.55. The van der Waals surface area contributed by atoms with Crippen molar-refractivity contribution in [2.75, 3.05) is 7.11 Å². The number of rotatable bonds is 7. The van der Waals surface area contributed by atoms with Crippen molar-refractivity contribution in [2.24, 2.45) is 23.2 Å². The average molecular weight is 569 g/mol. The first-order chi connectivity index (χ1) is 18.3. The molecule has 198 valence electrons. The second-order valence-corrected chi connectivity index (χ2v) is 13.0. The number of hydrazine groups is 1. The van der Waals surface area contributed by atoms with E-state index in [1.165, 1.54) is 36.0 Å². The highest BCUT2D eigenvalue weighted by Crippen LogP contribution is 2.60. The molecule has 0 unspecified atom stereocenters. The van der Waals surface area contributed by atoms with Crippen LogP contribution in [0.2, 0.25) is 5.02 Å². The summed E-state index contributed by atoms with van der Waals surface area (Å²) in [5.41, 5.74) is 4.19. The smallest absolute Gasteiger partial charge is 0.285 e. The summed E-state index contributed by atoms with van der Waals surface area (Å²) in [6.07, 6.45) is 8.31. The first kappa shape index (κ1) is 25.7. The lowest BCUT2D eigenvalue weighted by molar-refractivity contribution is -0.152. The number of carbonyl (C=O) groups excluding carboxylic acids is 2. The van der Waals surface area contributed by atoms with Gasteiger partial charge in [-0.25, -0.2) is 0 Å². The molecule has 6 nitrogen and oxygen atoms in total. The molecule has 0 atom stereocenters. The quantitative estimate of drug-likeness (QED) is 0.309. The summed E-state index contributed by atoms with van der Waals surface area (Å²) in [4.78, 5) is 27.2. The number of nitrogens with zero attached hydrogens (tertiary/aromatic N) is 1. The van der Waals surface area contributed by atoms with Crippen LogP contribution in [0.15, 0.2) is 47.4 Å². The number of thiocarbonyl (C=S) groups is 1. The Morgan fingerprint density at radius 2 is 1.82 bits per heavy atom. The van der Waals surface area contributed by atoms with Gasteiger partial charge in [0, 0.05) is 10.6 Å². The summed E-state index contributed by atoms with van der Waals surface area (Å²) >= 11 is 12.9. The van der Waals surface area contributed by atoms with Gasteiger partial charge in [-0.1, -0.05) is 47.6 Å². The lowest BCUT2D eigenvalue weighted by atomic mass is 9.49. The molecule has 38 heavy (non-hydrogen) atoms. The Balaban J connectivity index is 1.14. The van der Waals surface area contributed by atoms with Gasteiger partial charge in [0.1, 0.15) is 6.61 Å². The van der Waals surface area contributed by atoms with Crippen LogP contribution in [0.3, 0.4) is 0 Å². The number of hydrogen-bond acceptors (Lipinski definition) is 6. The van der Waals surface area contributed by atoms with E-state index < -0.39 is 0 Å². The van der Waals surface area contributed by atoms with Gasteiger partial charge in [-0.3, -0.25) is 15.0 Å². The largest absolute Gasteiger partial charge is 0.493 e. The zero-order valence-corrected chi connectivity index (χ0v) is 23.5. The third-order valence-electron chi connectivity index (χ3n) is 8.35. The van der Waals surface area contributed by atoms with Gasteiger partial charge in [0.15, 0.2) is 15.8 Å². The third kappa shape index (κ3) is 4.82. The predicted molar refractivity (Wildman–Crippen MR) is 153 cm³/mol. The maximum atomic E-state index is 13.5. The van der Waals surface area contributed by atoms with Gasteiger partial charge in [-0.2, -0.15) is 5.01 Å². The van der Waals surface area contributed by atoms with Crippen LogP contribution in [0.4, 0.5) is 0 Å². The second kappa shape index (κ2) is 10.2. The van der Waals surface area contributed by atoms with Crippen LogP contribution >= 0.6 is 35.6 Å². The maximum Gasteiger partial charge on any atom is 0.285 e. The van der Waals surface area contributed by atoms with Gasteiger partial charge in [0.2, 0.25) is 5.91 Å². The van der Waals surface area contributed by atoms with Crippen molar-refractivity contribution in [1.29, 1.82) is 0 Å². The van der Waals surface area contributed by atoms with Gasteiger partial charge in [0.25, 0.3) is 5.91 Å². The second-order valence-electron chi connectivity index (χ2n) is 10.9. The topological polar surface area (TPSA) is 67.9 Å². The van der Waals surface area contributed by atoms with Crippen LogP contribution in [-0.4, -0.2) is 28.3 Å². The summed E-state index contributed by atoms with van der Waals surface area (Å²) in [6.45, 7) is 0.303. The van der Waals surface area contributed by atoms with Crippen molar-refractivity contribution in [3.63, 3.8) is 0 Å². The number of ether oxygens (including phenoxy) is 2. The fourth-order valence-corrected chi connectivity index (χ4v) is 8.36. The molecule has 1 N–H and O–H groups in total. The van der Waals surface area contributed by atoms with E-state index in [2.05, 4.69) is 5.43 Å². The maximum absolute atomic E-state index is 13.5. The van der Waals surface area contributed by atoms with Crippen LogP contribution in [-0.2, 0) is 16.2 Å². The van der Waals surface area contributed by atoms with E-state index >= 15 is 0 Å². The molecule has 2 amide bonds. The molecule has 1 heterocycles. The molecular formula is C29H29ClN2O4S2. The summed E-state index contributed by atoms with van der Waals surface area (Å²) in [7, 11) is 1.57. The van der Waals surface area contributed by atoms with Crippen LogP contribution in [0.5, 0.6) is 11.5 Å². The minimum absolute atomic E-state index is 0.0455. The first-order valence-corrected chi connectivity index (χ1v) is 14.6. The normalized spacial score (nSPS) is 28.7. The molecule has 0 aromatic heterocycles. The number of benzene rings is 2. The van der Waals surface area contributed by atoms with Crippen molar-refractivity contribution in [3.05, 3.63) is 63.5 Å². The van der Waals surface area contributed by atoms with Gasteiger partial charge >= 0.3 is 0 Å². The molecule has 4 bridgehead atoms. The molecule has 0 spiro atoms. The van der Waals surface area contributed by atoms with Crippen molar-refractivity contribution in [2.45, 2.75) is 45.1 Å². The minimum Gasteiger partial charge on any atom is -0.493 e. The summed E-state index contributed by atoms with van der Waals surface area (Å²) < 4.78 is 11.8. The fourth-order valence-electron chi connectivity index (χ4n) is 6.99. The Bertz CT molecular complexity index is 1310. The predicted octanol–water partition coefficient (Wildman–Crippen LogP) is 6.38. The average Bonchev–Trinajstić information content (AvgIpc) is 3.15. The standard InChI is InChI=1S/C29H29ClN2O4S2/c1-35-24-11-17(6-7-23(24)36-16-21-4-2-3-5-22(21)30)12-25-26(33)32(28(37)38-25)31-27(34)29-13-18-8-19(14-29)10-20(9-18)15-29/h2-7,11-12,18-20H,8-10,13-16H2,1H3,(H,31,34)/b25-12+. The van der Waals surface area contributed by atoms with Gasteiger partial charge in [-0.05, 0) is 98.3 Å². The number of carbonyl (C=O) groups is 2. The molecule has 4 aliphatic carbocycles. The Labute approximate surface area is 237 Å². The highest BCUT2D eigenvalue weighted by molar-refractivity contribution is 8.26. The molecule has 7 rings (SSSR count). The number of methoxy groups -OCH3 is 1. The SMILES string of the molecule is COc1cc(/C=C2/SC(=S)N(NC(=O)C34CC5CC(CC(C5)C3)C4)C2=O)ccc1OCc1ccccc1Cl. The number of nitrogens with one attached hydrogen (secondary N) is 1. The van der Waals surface area contributed by atoms with Crippen molar-refractivity contribution in [1.82, 2.24) is 10.4 Å². The first-order valence-electron chi connectivity index (χ1n) is 13.0. The van der Waals surface area contributed by atoms with Crippen molar-refractivity contribution >= 4 is 57.8 Å².